The molecule has 0 spiro atoms. The molecule has 0 radical (unpaired) electrons. The van der Waals surface area contributed by atoms with E-state index in [0.717, 1.165) is 42.8 Å². The molecule has 238 valence electrons. The lowest BCUT2D eigenvalue weighted by Gasteiger charge is -2.45. The Morgan fingerprint density at radius 2 is 1.60 bits per heavy atom. The number of hydrogen-bond acceptors (Lipinski definition) is 7. The maximum absolute atomic E-state index is 13.3. The van der Waals surface area contributed by atoms with Crippen molar-refractivity contribution in [3.05, 3.63) is 89.9 Å². The van der Waals surface area contributed by atoms with Gasteiger partial charge in [-0.1, -0.05) is 30.3 Å². The molecule has 0 saturated carbocycles. The third-order valence-corrected chi connectivity index (χ3v) is 11.9. The fourth-order valence-corrected chi connectivity index (χ4v) is 8.12. The van der Waals surface area contributed by atoms with Crippen LogP contribution in [-0.2, 0) is 16.4 Å². The van der Waals surface area contributed by atoms with Crippen LogP contribution >= 0.6 is 0 Å². The number of amides is 1. The summed E-state index contributed by atoms with van der Waals surface area (Å²) in [7, 11) is 2.14. The minimum atomic E-state index is -3.59. The van der Waals surface area contributed by atoms with Crippen LogP contribution in [0.25, 0.3) is 5.65 Å². The van der Waals surface area contributed by atoms with Crippen molar-refractivity contribution in [1.29, 1.82) is 0 Å². The fraction of sp³-hybridized carbons (Fsp3) is 0.441. The van der Waals surface area contributed by atoms with Crippen LogP contribution in [0.15, 0.2) is 77.8 Å². The van der Waals surface area contributed by atoms with Crippen molar-refractivity contribution in [2.24, 2.45) is 0 Å². The Hall–Kier alpha value is -3.80. The molecule has 11 heteroatoms. The number of hydrogen-bond donors (Lipinski definition) is 0. The Kier molecular flexibility index (Phi) is 8.69. The zero-order chi connectivity index (χ0) is 31.8. The number of fused-ring (bicyclic) bond motifs is 1. The number of sulfonamides is 1. The Morgan fingerprint density at radius 3 is 2.27 bits per heavy atom. The van der Waals surface area contributed by atoms with Crippen LogP contribution in [0.5, 0.6) is 0 Å². The Morgan fingerprint density at radius 1 is 0.933 bits per heavy atom. The largest absolute Gasteiger partial charge is 0.368 e. The molecule has 4 aromatic rings. The molecule has 0 aliphatic carbocycles. The molecule has 0 atom stereocenters. The van der Waals surface area contributed by atoms with Crippen LogP contribution in [0, 0.1) is 0 Å². The molecule has 2 aliphatic heterocycles. The molecule has 0 bridgehead atoms. The van der Waals surface area contributed by atoms with E-state index in [-0.39, 0.29) is 11.9 Å². The van der Waals surface area contributed by atoms with E-state index < -0.39 is 15.6 Å². The van der Waals surface area contributed by atoms with Crippen molar-refractivity contribution in [3.8, 4) is 0 Å². The molecule has 2 aromatic carbocycles. The van der Waals surface area contributed by atoms with Gasteiger partial charge >= 0.3 is 0 Å². The van der Waals surface area contributed by atoms with E-state index in [0.29, 0.717) is 48.6 Å². The van der Waals surface area contributed by atoms with Gasteiger partial charge in [0, 0.05) is 56.9 Å². The molecule has 2 saturated heterocycles. The SMILES string of the molecule is CN1CCC(N(C)C(=O)c2ccc(Cc3nc4c(N5CCC(C)(N(C)S(=O)(=O)c6ccccc6)CC5)cccn4n3)cc2)CC1. The van der Waals surface area contributed by atoms with Gasteiger partial charge in [0.25, 0.3) is 5.91 Å². The second-order valence-electron chi connectivity index (χ2n) is 12.8. The van der Waals surface area contributed by atoms with Gasteiger partial charge < -0.3 is 14.7 Å². The van der Waals surface area contributed by atoms with Crippen molar-refractivity contribution in [2.45, 2.75) is 55.5 Å². The van der Waals surface area contributed by atoms with Gasteiger partial charge in [-0.05, 0) is 94.7 Å². The number of carbonyl (C=O) groups excluding carboxylic acids is 1. The van der Waals surface area contributed by atoms with Crippen molar-refractivity contribution < 1.29 is 13.2 Å². The molecular weight excluding hydrogens is 586 g/mol. The van der Waals surface area contributed by atoms with Gasteiger partial charge in [-0.2, -0.15) is 9.40 Å². The van der Waals surface area contributed by atoms with Crippen LogP contribution in [-0.4, -0.2) is 102 Å². The maximum atomic E-state index is 13.3. The number of anilines is 1. The number of nitrogens with zero attached hydrogens (tertiary/aromatic N) is 7. The van der Waals surface area contributed by atoms with Crippen LogP contribution in [0.2, 0.25) is 0 Å². The quantitative estimate of drug-likeness (QED) is 0.289. The van der Waals surface area contributed by atoms with E-state index in [9.17, 15) is 13.2 Å². The van der Waals surface area contributed by atoms with E-state index in [2.05, 4.69) is 22.9 Å². The summed E-state index contributed by atoms with van der Waals surface area (Å²) in [5, 5.41) is 4.75. The number of aromatic nitrogens is 3. The molecule has 45 heavy (non-hydrogen) atoms. The number of pyridine rings is 1. The normalized spacial score (nSPS) is 18.0. The summed E-state index contributed by atoms with van der Waals surface area (Å²) in [6.45, 7) is 5.47. The Balaban J connectivity index is 1.12. The summed E-state index contributed by atoms with van der Waals surface area (Å²) in [6.07, 6.45) is 5.85. The maximum Gasteiger partial charge on any atom is 0.253 e. The number of carbonyl (C=O) groups is 1. The minimum Gasteiger partial charge on any atom is -0.368 e. The lowest BCUT2D eigenvalue weighted by atomic mass is 9.89. The van der Waals surface area contributed by atoms with E-state index in [4.69, 9.17) is 10.1 Å². The van der Waals surface area contributed by atoms with Crippen molar-refractivity contribution in [3.63, 3.8) is 0 Å². The minimum absolute atomic E-state index is 0.0630. The summed E-state index contributed by atoms with van der Waals surface area (Å²) in [5.41, 5.74) is 3.02. The predicted molar refractivity (Wildman–Crippen MR) is 176 cm³/mol. The van der Waals surface area contributed by atoms with Gasteiger partial charge in [-0.3, -0.25) is 4.79 Å². The van der Waals surface area contributed by atoms with Gasteiger partial charge in [0.1, 0.15) is 0 Å². The molecule has 6 rings (SSSR count). The van der Waals surface area contributed by atoms with Crippen LogP contribution in [0.1, 0.15) is 54.4 Å². The lowest BCUT2D eigenvalue weighted by Crippen LogP contribution is -2.54. The summed E-state index contributed by atoms with van der Waals surface area (Å²) >= 11 is 0. The molecule has 2 aliphatic rings. The molecule has 2 fully saturated rings. The highest BCUT2D eigenvalue weighted by Gasteiger charge is 2.40. The third kappa shape index (κ3) is 6.34. The highest BCUT2D eigenvalue weighted by atomic mass is 32.2. The first-order valence-corrected chi connectivity index (χ1v) is 17.2. The average Bonchev–Trinajstić information content (AvgIpc) is 3.48. The van der Waals surface area contributed by atoms with Crippen molar-refractivity contribution in [2.75, 3.05) is 52.2 Å². The number of likely N-dealkylation sites (tertiary alicyclic amines) is 1. The van der Waals surface area contributed by atoms with E-state index in [1.165, 1.54) is 0 Å². The number of rotatable bonds is 8. The Labute approximate surface area is 266 Å². The lowest BCUT2D eigenvalue weighted by molar-refractivity contribution is 0.0659. The van der Waals surface area contributed by atoms with Crippen LogP contribution in [0.3, 0.4) is 0 Å². The third-order valence-electron chi connectivity index (χ3n) is 9.85. The van der Waals surface area contributed by atoms with Gasteiger partial charge in [-0.15, -0.1) is 0 Å². The summed E-state index contributed by atoms with van der Waals surface area (Å²) in [5.74, 6) is 0.772. The number of benzene rings is 2. The second kappa shape index (κ2) is 12.5. The summed E-state index contributed by atoms with van der Waals surface area (Å²) < 4.78 is 30.1. The molecule has 4 heterocycles. The highest BCUT2D eigenvalue weighted by molar-refractivity contribution is 7.89. The standard InChI is InChI=1S/C34H43N7O3S/c1-34(39(4)45(43,44)29-9-6-5-7-10-29)18-23-40(24-19-34)30-11-8-20-41-32(30)35-31(36-41)25-26-12-14-27(15-13-26)33(42)38(3)28-16-21-37(2)22-17-28/h5-15,20,28H,16-19,21-25H2,1-4H3. The fourth-order valence-electron chi connectivity index (χ4n) is 6.54. The zero-order valence-electron chi connectivity index (χ0n) is 26.6. The van der Waals surface area contributed by atoms with Crippen molar-refractivity contribution in [1.82, 2.24) is 28.7 Å². The van der Waals surface area contributed by atoms with E-state index in [1.807, 2.05) is 66.0 Å². The van der Waals surface area contributed by atoms with Gasteiger partial charge in [-0.25, -0.2) is 17.9 Å². The zero-order valence-corrected chi connectivity index (χ0v) is 27.4. The molecule has 10 nitrogen and oxygen atoms in total. The molecular formula is C34H43N7O3S. The molecule has 0 N–H and O–H groups in total. The summed E-state index contributed by atoms with van der Waals surface area (Å²) in [6, 6.07) is 20.7. The second-order valence-corrected chi connectivity index (χ2v) is 14.8. The summed E-state index contributed by atoms with van der Waals surface area (Å²) in [4.78, 5) is 24.9. The first-order chi connectivity index (χ1) is 21.5. The monoisotopic (exact) mass is 629 g/mol. The first kappa shape index (κ1) is 31.2. The predicted octanol–water partition coefficient (Wildman–Crippen LogP) is 4.17. The van der Waals surface area contributed by atoms with Crippen LogP contribution in [0.4, 0.5) is 5.69 Å². The molecule has 2 aromatic heterocycles. The van der Waals surface area contributed by atoms with Crippen molar-refractivity contribution >= 4 is 27.3 Å². The van der Waals surface area contributed by atoms with Gasteiger partial charge in [0.15, 0.2) is 11.5 Å². The topological polar surface area (TPSA) is 94.4 Å². The van der Waals surface area contributed by atoms with Crippen LogP contribution < -0.4 is 4.90 Å². The van der Waals surface area contributed by atoms with Gasteiger partial charge in [0.05, 0.1) is 10.6 Å². The van der Waals surface area contributed by atoms with E-state index >= 15 is 0 Å². The first-order valence-electron chi connectivity index (χ1n) is 15.7. The molecule has 1 amide bonds. The number of piperidine rings is 2. The smallest absolute Gasteiger partial charge is 0.253 e. The average molecular weight is 630 g/mol. The highest BCUT2D eigenvalue weighted by Crippen LogP contribution is 2.34. The Bertz CT molecular complexity index is 1740. The van der Waals surface area contributed by atoms with Gasteiger partial charge in [0.2, 0.25) is 10.0 Å². The van der Waals surface area contributed by atoms with E-state index in [1.54, 1.807) is 35.6 Å². The molecule has 0 unspecified atom stereocenters.